The molecule has 210 valence electrons. The summed E-state index contributed by atoms with van der Waals surface area (Å²) in [6.45, 7) is 0. The van der Waals surface area contributed by atoms with Gasteiger partial charge in [-0.2, -0.15) is 25.3 Å². The Morgan fingerprint density at radius 2 is 0.538 bits per heavy atom. The van der Waals surface area contributed by atoms with Gasteiger partial charge in [0.05, 0.1) is 14.7 Å². The van der Waals surface area contributed by atoms with E-state index >= 15 is 0 Å². The fourth-order valence-corrected chi connectivity index (χ4v) is 3.86. The Morgan fingerprint density at radius 3 is 0.667 bits per heavy atom. The minimum atomic E-state index is -4.00. The molecular weight excluding hydrogens is 576 g/mol. The molecule has 15 heteroatoms. The predicted octanol–water partition coefficient (Wildman–Crippen LogP) is 3.60. The molecule has 6 N–H and O–H groups in total. The molecule has 4 rings (SSSR count). The van der Waals surface area contributed by atoms with Gasteiger partial charge < -0.3 is 15.3 Å². The molecule has 0 spiro atoms. The first kappa shape index (κ1) is 33.0. The second-order valence-electron chi connectivity index (χ2n) is 7.07. The lowest BCUT2D eigenvalue weighted by Crippen LogP contribution is -1.96. The van der Waals surface area contributed by atoms with Crippen molar-refractivity contribution in [3.8, 4) is 17.2 Å². The Hall–Kier alpha value is -3.99. The summed E-state index contributed by atoms with van der Waals surface area (Å²) in [4.78, 5) is -0.222. The van der Waals surface area contributed by atoms with Crippen molar-refractivity contribution in [1.82, 2.24) is 0 Å². The van der Waals surface area contributed by atoms with Crippen LogP contribution in [-0.2, 0) is 30.4 Å². The van der Waals surface area contributed by atoms with Crippen molar-refractivity contribution < 1.29 is 54.2 Å². The summed E-state index contributed by atoms with van der Waals surface area (Å²) >= 11 is 0. The second kappa shape index (κ2) is 14.8. The van der Waals surface area contributed by atoms with E-state index in [0.29, 0.717) is 0 Å². The van der Waals surface area contributed by atoms with Crippen LogP contribution in [0.25, 0.3) is 0 Å². The average molecular weight is 601 g/mol. The van der Waals surface area contributed by atoms with E-state index in [1.54, 1.807) is 54.6 Å². The van der Waals surface area contributed by atoms with Gasteiger partial charge >= 0.3 is 0 Å². The van der Waals surface area contributed by atoms with E-state index in [4.69, 9.17) is 29.0 Å². The number of aromatic hydroxyl groups is 3. The van der Waals surface area contributed by atoms with Crippen molar-refractivity contribution in [2.24, 2.45) is 0 Å². The molecule has 0 aliphatic rings. The van der Waals surface area contributed by atoms with E-state index < -0.39 is 30.4 Å². The molecule has 0 atom stereocenters. The standard InChI is InChI=1S/3C6H6O3S.C6H6O3/c3*7-10(8,9)6-4-2-1-3-5-6;7-4-1-5(8)3-6(9)2-4/h3*1-5H,(H,7,8,9);1-3,7-9H. The maximum absolute atomic E-state index is 10.4. The zero-order valence-corrected chi connectivity index (χ0v) is 22.2. The Kier molecular flexibility index (Phi) is 12.6. The summed E-state index contributed by atoms with van der Waals surface area (Å²) in [6.07, 6.45) is 0. The fraction of sp³-hybridized carbons (Fsp3) is 0. The molecular formula is C24H24O12S3. The molecule has 0 saturated carbocycles. The molecule has 12 nitrogen and oxygen atoms in total. The van der Waals surface area contributed by atoms with Crippen LogP contribution >= 0.6 is 0 Å². The number of phenols is 3. The fourth-order valence-electron chi connectivity index (χ4n) is 2.36. The zero-order valence-electron chi connectivity index (χ0n) is 19.7. The minimum Gasteiger partial charge on any atom is -0.508 e. The van der Waals surface area contributed by atoms with Crippen molar-refractivity contribution in [1.29, 1.82) is 0 Å². The van der Waals surface area contributed by atoms with Gasteiger partial charge in [0.1, 0.15) is 17.2 Å². The monoisotopic (exact) mass is 600 g/mol. The maximum Gasteiger partial charge on any atom is 0.294 e. The topological polar surface area (TPSA) is 224 Å². The summed E-state index contributed by atoms with van der Waals surface area (Å²) in [6, 6.07) is 25.7. The van der Waals surface area contributed by atoms with E-state index in [-0.39, 0.29) is 31.9 Å². The van der Waals surface area contributed by atoms with Gasteiger partial charge in [0.15, 0.2) is 0 Å². The molecule has 39 heavy (non-hydrogen) atoms. The first-order chi connectivity index (χ1) is 18.0. The first-order valence-electron chi connectivity index (χ1n) is 10.3. The third-order valence-electron chi connectivity index (χ3n) is 4.01. The number of hydrogen-bond acceptors (Lipinski definition) is 9. The van der Waals surface area contributed by atoms with Gasteiger partial charge in [-0.3, -0.25) is 13.7 Å². The van der Waals surface area contributed by atoms with Crippen molar-refractivity contribution in [2.75, 3.05) is 0 Å². The van der Waals surface area contributed by atoms with Crippen molar-refractivity contribution in [2.45, 2.75) is 14.7 Å². The van der Waals surface area contributed by atoms with E-state index in [1.165, 1.54) is 36.4 Å². The lowest BCUT2D eigenvalue weighted by molar-refractivity contribution is 0.428. The Morgan fingerprint density at radius 1 is 0.359 bits per heavy atom. The second-order valence-corrected chi connectivity index (χ2v) is 11.3. The minimum absolute atomic E-state index is 0.0741. The van der Waals surface area contributed by atoms with Crippen LogP contribution in [0.1, 0.15) is 0 Å². The normalized spacial score (nSPS) is 10.8. The highest BCUT2D eigenvalue weighted by Gasteiger charge is 2.07. The quantitative estimate of drug-likeness (QED) is 0.186. The van der Waals surface area contributed by atoms with E-state index in [0.717, 1.165) is 18.2 Å². The number of rotatable bonds is 3. The Bertz CT molecular complexity index is 1410. The highest BCUT2D eigenvalue weighted by atomic mass is 32.2. The first-order valence-corrected chi connectivity index (χ1v) is 14.6. The Balaban J connectivity index is 0.000000260. The molecule has 0 fully saturated rings. The van der Waals surface area contributed by atoms with Gasteiger partial charge in [0, 0.05) is 18.2 Å². The lowest BCUT2D eigenvalue weighted by atomic mass is 10.3. The SMILES string of the molecule is O=S(=O)(O)c1ccccc1.O=S(=O)(O)c1ccccc1.O=S(=O)(O)c1ccccc1.Oc1cc(O)cc(O)c1. The molecule has 0 amide bonds. The van der Waals surface area contributed by atoms with Crippen LogP contribution in [0.2, 0.25) is 0 Å². The highest BCUT2D eigenvalue weighted by Crippen LogP contribution is 2.23. The molecule has 0 saturated heterocycles. The predicted molar refractivity (Wildman–Crippen MR) is 140 cm³/mol. The number of benzene rings is 4. The summed E-state index contributed by atoms with van der Waals surface area (Å²) < 4.78 is 87.7. The molecule has 4 aromatic carbocycles. The molecule has 0 heterocycles. The molecule has 0 aliphatic carbocycles. The molecule has 0 aliphatic heterocycles. The molecule has 0 unspecified atom stereocenters. The van der Waals surface area contributed by atoms with Crippen LogP contribution in [0.4, 0.5) is 0 Å². The summed E-state index contributed by atoms with van der Waals surface area (Å²) in [5.41, 5.74) is 0. The van der Waals surface area contributed by atoms with Gasteiger partial charge in [-0.1, -0.05) is 54.6 Å². The van der Waals surface area contributed by atoms with E-state index in [1.807, 2.05) is 0 Å². The van der Waals surface area contributed by atoms with Crippen molar-refractivity contribution in [3.63, 3.8) is 0 Å². The largest absolute Gasteiger partial charge is 0.508 e. The highest BCUT2D eigenvalue weighted by molar-refractivity contribution is 7.86. The van der Waals surface area contributed by atoms with Crippen LogP contribution in [0, 0.1) is 0 Å². The van der Waals surface area contributed by atoms with Crippen LogP contribution < -0.4 is 0 Å². The van der Waals surface area contributed by atoms with Crippen molar-refractivity contribution >= 4 is 30.4 Å². The summed E-state index contributed by atoms with van der Waals surface area (Å²) in [7, 11) is -12.0. The van der Waals surface area contributed by atoms with Gasteiger partial charge in [0.25, 0.3) is 30.4 Å². The van der Waals surface area contributed by atoms with Gasteiger partial charge in [-0.25, -0.2) is 0 Å². The molecule has 4 aromatic rings. The lowest BCUT2D eigenvalue weighted by Gasteiger charge is -1.94. The maximum atomic E-state index is 10.4. The average Bonchev–Trinajstić information content (AvgIpc) is 2.85. The smallest absolute Gasteiger partial charge is 0.294 e. The van der Waals surface area contributed by atoms with E-state index in [2.05, 4.69) is 0 Å². The van der Waals surface area contributed by atoms with Crippen LogP contribution in [0.3, 0.4) is 0 Å². The van der Waals surface area contributed by atoms with Crippen molar-refractivity contribution in [3.05, 3.63) is 109 Å². The van der Waals surface area contributed by atoms with Gasteiger partial charge in [0.2, 0.25) is 0 Å². The number of phenolic OH excluding ortho intramolecular Hbond substituents is 3. The van der Waals surface area contributed by atoms with E-state index in [9.17, 15) is 25.3 Å². The third kappa shape index (κ3) is 13.9. The van der Waals surface area contributed by atoms with Gasteiger partial charge in [-0.05, 0) is 36.4 Å². The van der Waals surface area contributed by atoms with Crippen LogP contribution in [-0.4, -0.2) is 54.2 Å². The molecule has 0 radical (unpaired) electrons. The summed E-state index contributed by atoms with van der Waals surface area (Å²) in [5, 5.41) is 26.0. The van der Waals surface area contributed by atoms with Crippen LogP contribution in [0.15, 0.2) is 124 Å². The molecule has 0 bridgehead atoms. The summed E-state index contributed by atoms with van der Waals surface area (Å²) in [5.74, 6) is -0.437. The van der Waals surface area contributed by atoms with Crippen LogP contribution in [0.5, 0.6) is 17.2 Å². The zero-order chi connectivity index (χ0) is 29.7. The molecule has 0 aromatic heterocycles. The Labute approximate surface area is 225 Å². The van der Waals surface area contributed by atoms with Gasteiger partial charge in [-0.15, -0.1) is 0 Å². The number of hydrogen-bond donors (Lipinski definition) is 6. The third-order valence-corrected chi connectivity index (χ3v) is 6.61.